The minimum atomic E-state index is -0.860. The van der Waals surface area contributed by atoms with Gasteiger partial charge < -0.3 is 14.8 Å². The first-order valence-electron chi connectivity index (χ1n) is 12.8. The Hall–Kier alpha value is -4.89. The average molecular weight is 539 g/mol. The number of fused-ring (bicyclic) bond motifs is 1. The molecule has 9 heteroatoms. The van der Waals surface area contributed by atoms with Crippen LogP contribution in [0.1, 0.15) is 11.1 Å². The molecule has 1 atom stereocenters. The topological polar surface area (TPSA) is 95.3 Å². The Morgan fingerprint density at radius 1 is 0.825 bits per heavy atom. The molecule has 0 aliphatic rings. The van der Waals surface area contributed by atoms with Crippen LogP contribution in [0.25, 0.3) is 11.0 Å². The van der Waals surface area contributed by atoms with Crippen molar-refractivity contribution < 1.29 is 23.5 Å². The first kappa shape index (κ1) is 26.7. The van der Waals surface area contributed by atoms with Gasteiger partial charge in [0.15, 0.2) is 5.78 Å². The molecule has 0 radical (unpaired) electrons. The van der Waals surface area contributed by atoms with E-state index in [2.05, 4.69) is 15.6 Å². The van der Waals surface area contributed by atoms with Gasteiger partial charge in [-0.1, -0.05) is 59.8 Å². The lowest BCUT2D eigenvalue weighted by molar-refractivity contribution is -0.129. The zero-order valence-corrected chi connectivity index (χ0v) is 21.6. The number of nitrogens with zero attached hydrogens (tertiary/aromatic N) is 3. The summed E-state index contributed by atoms with van der Waals surface area (Å²) in [6, 6.07) is 28.8. The van der Waals surface area contributed by atoms with E-state index in [1.807, 2.05) is 54.6 Å². The van der Waals surface area contributed by atoms with Crippen LogP contribution < -0.4 is 10.1 Å². The summed E-state index contributed by atoms with van der Waals surface area (Å²) in [7, 11) is 0. The summed E-state index contributed by atoms with van der Waals surface area (Å²) in [4.78, 5) is 26.3. The maximum Gasteiger partial charge on any atom is 0.242 e. The molecule has 202 valence electrons. The van der Waals surface area contributed by atoms with Gasteiger partial charge in [-0.25, -0.2) is 9.07 Å². The molecule has 8 nitrogen and oxygen atoms in total. The van der Waals surface area contributed by atoms with Crippen molar-refractivity contribution in [2.45, 2.75) is 25.6 Å². The Kier molecular flexibility index (Phi) is 8.53. The number of aromatic nitrogens is 3. The number of halogens is 1. The zero-order chi connectivity index (χ0) is 27.7. The van der Waals surface area contributed by atoms with Gasteiger partial charge in [-0.15, -0.1) is 5.10 Å². The van der Waals surface area contributed by atoms with Crippen LogP contribution >= 0.6 is 0 Å². The van der Waals surface area contributed by atoms with Gasteiger partial charge in [-0.3, -0.25) is 9.59 Å². The van der Waals surface area contributed by atoms with Crippen molar-refractivity contribution in [3.05, 3.63) is 120 Å². The number of carbonyl (C=O) groups excluding carboxylic acids is 2. The van der Waals surface area contributed by atoms with Gasteiger partial charge in [0.2, 0.25) is 5.91 Å². The standard InChI is InChI=1S/C31H27FN4O4/c32-24-12-16-26(17-13-24)40-25-14-10-22(11-15-25)18-30(37)28(21-39-20-23-6-2-1-3-7-23)33-31(38)19-36-29-9-5-4-8-27(29)34-35-36/h1-17,28H,18-21H2,(H,33,38)/t28-/m0/s1. The molecule has 1 aromatic heterocycles. The van der Waals surface area contributed by atoms with Crippen molar-refractivity contribution >= 4 is 22.7 Å². The number of hydrogen-bond acceptors (Lipinski definition) is 6. The van der Waals surface area contributed by atoms with E-state index in [0.717, 1.165) is 16.6 Å². The van der Waals surface area contributed by atoms with Crippen LogP contribution in [0.2, 0.25) is 0 Å². The van der Waals surface area contributed by atoms with E-state index >= 15 is 0 Å². The van der Waals surface area contributed by atoms with Crippen LogP contribution in [-0.2, 0) is 33.9 Å². The molecule has 0 aliphatic carbocycles. The van der Waals surface area contributed by atoms with E-state index in [4.69, 9.17) is 9.47 Å². The maximum absolute atomic E-state index is 13.3. The van der Waals surface area contributed by atoms with Crippen LogP contribution in [0.5, 0.6) is 11.5 Å². The number of benzene rings is 4. The number of amides is 1. The number of para-hydroxylation sites is 1. The van der Waals surface area contributed by atoms with Crippen LogP contribution in [0.3, 0.4) is 0 Å². The summed E-state index contributed by atoms with van der Waals surface area (Å²) in [5.41, 5.74) is 3.12. The molecule has 0 saturated carbocycles. The fourth-order valence-electron chi connectivity index (χ4n) is 4.13. The molecule has 40 heavy (non-hydrogen) atoms. The second-order valence-corrected chi connectivity index (χ2v) is 9.20. The van der Waals surface area contributed by atoms with Crippen molar-refractivity contribution in [1.82, 2.24) is 20.3 Å². The third kappa shape index (κ3) is 7.15. The summed E-state index contributed by atoms with van der Waals surface area (Å²) >= 11 is 0. The van der Waals surface area contributed by atoms with E-state index in [-0.39, 0.29) is 37.1 Å². The fraction of sp³-hybridized carbons (Fsp3) is 0.161. The first-order valence-corrected chi connectivity index (χ1v) is 12.8. The van der Waals surface area contributed by atoms with Gasteiger partial charge in [-0.2, -0.15) is 0 Å². The molecule has 1 heterocycles. The monoisotopic (exact) mass is 538 g/mol. The zero-order valence-electron chi connectivity index (χ0n) is 21.6. The number of nitrogens with one attached hydrogen (secondary N) is 1. The Balaban J connectivity index is 1.23. The highest BCUT2D eigenvalue weighted by Crippen LogP contribution is 2.22. The molecular weight excluding hydrogens is 511 g/mol. The highest BCUT2D eigenvalue weighted by molar-refractivity contribution is 5.90. The highest BCUT2D eigenvalue weighted by Gasteiger charge is 2.22. The van der Waals surface area contributed by atoms with Crippen molar-refractivity contribution in [2.24, 2.45) is 0 Å². The number of carbonyl (C=O) groups is 2. The Morgan fingerprint density at radius 3 is 2.25 bits per heavy atom. The van der Waals surface area contributed by atoms with Crippen molar-refractivity contribution in [3.8, 4) is 11.5 Å². The first-order chi connectivity index (χ1) is 19.5. The second kappa shape index (κ2) is 12.8. The number of hydrogen-bond donors (Lipinski definition) is 1. The molecule has 0 bridgehead atoms. The molecule has 0 saturated heterocycles. The third-order valence-corrected chi connectivity index (χ3v) is 6.18. The summed E-state index contributed by atoms with van der Waals surface area (Å²) in [5.74, 6) is 0.144. The SMILES string of the molecule is O=C(Cn1nnc2ccccc21)N[C@@H](COCc1ccccc1)C(=O)Cc1ccc(Oc2ccc(F)cc2)cc1. The predicted molar refractivity (Wildman–Crippen MR) is 147 cm³/mol. The Labute approximate surface area is 230 Å². The minimum absolute atomic E-state index is 0.0172. The van der Waals surface area contributed by atoms with Crippen molar-refractivity contribution in [1.29, 1.82) is 0 Å². The molecule has 5 aromatic rings. The molecule has 0 aliphatic heterocycles. The molecule has 4 aromatic carbocycles. The van der Waals surface area contributed by atoms with Crippen LogP contribution in [0.15, 0.2) is 103 Å². The van der Waals surface area contributed by atoms with Crippen molar-refractivity contribution in [2.75, 3.05) is 6.61 Å². The summed E-state index contributed by atoms with van der Waals surface area (Å²) in [6.07, 6.45) is 0.0860. The molecule has 0 fully saturated rings. The number of ketones is 1. The van der Waals surface area contributed by atoms with Crippen molar-refractivity contribution in [3.63, 3.8) is 0 Å². The molecular formula is C31H27FN4O4. The minimum Gasteiger partial charge on any atom is -0.457 e. The largest absolute Gasteiger partial charge is 0.457 e. The van der Waals surface area contributed by atoms with Gasteiger partial charge in [0.1, 0.15) is 35.4 Å². The normalized spacial score (nSPS) is 11.7. The van der Waals surface area contributed by atoms with Crippen LogP contribution in [0.4, 0.5) is 4.39 Å². The van der Waals surface area contributed by atoms with E-state index < -0.39 is 6.04 Å². The third-order valence-electron chi connectivity index (χ3n) is 6.18. The Bertz CT molecular complexity index is 1570. The second-order valence-electron chi connectivity index (χ2n) is 9.20. The lowest BCUT2D eigenvalue weighted by Crippen LogP contribution is -2.46. The van der Waals surface area contributed by atoms with Gasteiger partial charge in [0.25, 0.3) is 0 Å². The molecule has 5 rings (SSSR count). The summed E-state index contributed by atoms with van der Waals surface area (Å²) in [5, 5.41) is 11.0. The summed E-state index contributed by atoms with van der Waals surface area (Å²) in [6.45, 7) is 0.241. The number of rotatable bonds is 12. The molecule has 1 amide bonds. The van der Waals surface area contributed by atoms with E-state index in [1.54, 1.807) is 24.3 Å². The quantitative estimate of drug-likeness (QED) is 0.243. The number of Topliss-reactive ketones (excluding diaryl/α,β-unsaturated/α-hetero) is 1. The molecule has 0 unspecified atom stereocenters. The predicted octanol–water partition coefficient (Wildman–Crippen LogP) is 4.88. The van der Waals surface area contributed by atoms with Crippen LogP contribution in [0, 0.1) is 5.82 Å². The molecule has 1 N–H and O–H groups in total. The van der Waals surface area contributed by atoms with Gasteiger partial charge in [-0.05, 0) is 59.7 Å². The molecule has 0 spiro atoms. The smallest absolute Gasteiger partial charge is 0.242 e. The van der Waals surface area contributed by atoms with E-state index in [0.29, 0.717) is 23.6 Å². The maximum atomic E-state index is 13.3. The van der Waals surface area contributed by atoms with E-state index in [9.17, 15) is 14.0 Å². The highest BCUT2D eigenvalue weighted by atomic mass is 19.1. The van der Waals surface area contributed by atoms with Gasteiger partial charge in [0.05, 0.1) is 18.7 Å². The fourth-order valence-corrected chi connectivity index (χ4v) is 4.13. The Morgan fingerprint density at radius 2 is 1.50 bits per heavy atom. The van der Waals surface area contributed by atoms with Gasteiger partial charge >= 0.3 is 0 Å². The van der Waals surface area contributed by atoms with E-state index in [1.165, 1.54) is 28.9 Å². The average Bonchev–Trinajstić information content (AvgIpc) is 3.38. The lowest BCUT2D eigenvalue weighted by atomic mass is 10.0. The van der Waals surface area contributed by atoms with Gasteiger partial charge in [0, 0.05) is 6.42 Å². The van der Waals surface area contributed by atoms with Crippen LogP contribution in [-0.4, -0.2) is 39.3 Å². The summed E-state index contributed by atoms with van der Waals surface area (Å²) < 4.78 is 26.2. The lowest BCUT2D eigenvalue weighted by Gasteiger charge is -2.18. The number of ether oxygens (including phenoxy) is 2.